The van der Waals surface area contributed by atoms with Crippen molar-refractivity contribution < 1.29 is 9.53 Å². The molecule has 0 saturated carbocycles. The van der Waals surface area contributed by atoms with Crippen LogP contribution in [0.5, 0.6) is 5.75 Å². The van der Waals surface area contributed by atoms with Gasteiger partial charge in [0.25, 0.3) is 0 Å². The summed E-state index contributed by atoms with van der Waals surface area (Å²) in [6.07, 6.45) is 0.892. The zero-order chi connectivity index (χ0) is 12.5. The molecule has 3 heteroatoms. The number of benzene rings is 2. The van der Waals surface area contributed by atoms with Crippen LogP contribution in [0.2, 0.25) is 0 Å². The van der Waals surface area contributed by atoms with Crippen molar-refractivity contribution in [2.45, 2.75) is 6.42 Å². The molecule has 0 atom stereocenters. The largest absolute Gasteiger partial charge is 0.493 e. The highest BCUT2D eigenvalue weighted by Gasteiger charge is 2.15. The predicted octanol–water partition coefficient (Wildman–Crippen LogP) is 3.46. The van der Waals surface area contributed by atoms with Crippen LogP contribution >= 0.6 is 22.6 Å². The highest BCUT2D eigenvalue weighted by Crippen LogP contribution is 2.26. The molecule has 0 aromatic heterocycles. The summed E-state index contributed by atoms with van der Waals surface area (Å²) in [5, 5.41) is 0. The first kappa shape index (κ1) is 11.7. The summed E-state index contributed by atoms with van der Waals surface area (Å²) in [5.74, 6) is 0.982. The summed E-state index contributed by atoms with van der Waals surface area (Å²) < 4.78 is 6.57. The molecule has 18 heavy (non-hydrogen) atoms. The molecule has 0 fully saturated rings. The zero-order valence-electron chi connectivity index (χ0n) is 9.65. The van der Waals surface area contributed by atoms with Gasteiger partial charge in [-0.25, -0.2) is 0 Å². The molecule has 0 spiro atoms. The van der Waals surface area contributed by atoms with Gasteiger partial charge in [0.15, 0.2) is 5.78 Å². The van der Waals surface area contributed by atoms with E-state index in [1.165, 1.54) is 0 Å². The zero-order valence-corrected chi connectivity index (χ0v) is 11.8. The Balaban J connectivity index is 1.95. The number of hydrogen-bond acceptors (Lipinski definition) is 2. The van der Waals surface area contributed by atoms with E-state index >= 15 is 0 Å². The second kappa shape index (κ2) is 4.72. The molecule has 90 valence electrons. The predicted molar refractivity (Wildman–Crippen MR) is 78.2 cm³/mol. The third kappa shape index (κ3) is 2.14. The molecule has 2 aromatic rings. The lowest BCUT2D eigenvalue weighted by Gasteiger charge is -2.04. The van der Waals surface area contributed by atoms with Gasteiger partial charge < -0.3 is 4.74 Å². The highest BCUT2D eigenvalue weighted by molar-refractivity contribution is 14.1. The van der Waals surface area contributed by atoms with Crippen LogP contribution in [0, 0.1) is 3.57 Å². The number of ether oxygens (including phenoxy) is 1. The van der Waals surface area contributed by atoms with Gasteiger partial charge in [-0.2, -0.15) is 0 Å². The van der Waals surface area contributed by atoms with Crippen molar-refractivity contribution in [1.82, 2.24) is 0 Å². The molecule has 0 N–H and O–H groups in total. The monoisotopic (exact) mass is 350 g/mol. The standard InChI is InChI=1S/C15H11IO2/c16-13-4-1-10(2-5-13)15(17)12-3-6-14-11(9-12)7-8-18-14/h1-6,9H,7-8H2. The van der Waals surface area contributed by atoms with Crippen LogP contribution in [-0.4, -0.2) is 12.4 Å². The molecule has 0 unspecified atom stereocenters. The first-order chi connectivity index (χ1) is 8.74. The maximum Gasteiger partial charge on any atom is 0.193 e. The van der Waals surface area contributed by atoms with E-state index in [9.17, 15) is 4.79 Å². The van der Waals surface area contributed by atoms with Crippen molar-refractivity contribution in [3.63, 3.8) is 0 Å². The van der Waals surface area contributed by atoms with E-state index in [1.807, 2.05) is 42.5 Å². The first-order valence-electron chi connectivity index (χ1n) is 5.80. The number of hydrogen-bond donors (Lipinski definition) is 0. The molecule has 0 radical (unpaired) electrons. The number of carbonyl (C=O) groups is 1. The van der Waals surface area contributed by atoms with E-state index < -0.39 is 0 Å². The summed E-state index contributed by atoms with van der Waals surface area (Å²) in [5.41, 5.74) is 2.60. The minimum absolute atomic E-state index is 0.0705. The van der Waals surface area contributed by atoms with E-state index in [-0.39, 0.29) is 5.78 Å². The Hall–Kier alpha value is -1.36. The maximum absolute atomic E-state index is 12.3. The third-order valence-electron chi connectivity index (χ3n) is 3.06. The molecule has 0 saturated heterocycles. The van der Waals surface area contributed by atoms with Gasteiger partial charge in [-0.1, -0.05) is 0 Å². The van der Waals surface area contributed by atoms with Crippen molar-refractivity contribution in [1.29, 1.82) is 0 Å². The first-order valence-corrected chi connectivity index (χ1v) is 6.88. The average Bonchev–Trinajstić information content (AvgIpc) is 2.86. The lowest BCUT2D eigenvalue weighted by atomic mass is 10.0. The summed E-state index contributed by atoms with van der Waals surface area (Å²) >= 11 is 2.23. The quantitative estimate of drug-likeness (QED) is 0.613. The minimum atomic E-state index is 0.0705. The highest BCUT2D eigenvalue weighted by atomic mass is 127. The molecule has 0 bridgehead atoms. The van der Waals surface area contributed by atoms with Crippen molar-refractivity contribution in [3.05, 3.63) is 62.7 Å². The molecular weight excluding hydrogens is 339 g/mol. The number of rotatable bonds is 2. The summed E-state index contributed by atoms with van der Waals surface area (Å²) in [4.78, 5) is 12.3. The third-order valence-corrected chi connectivity index (χ3v) is 3.78. The topological polar surface area (TPSA) is 26.3 Å². The Labute approximate surface area is 119 Å². The molecule has 3 rings (SSSR count). The van der Waals surface area contributed by atoms with E-state index in [4.69, 9.17) is 4.74 Å². The fourth-order valence-corrected chi connectivity index (χ4v) is 2.46. The van der Waals surface area contributed by atoms with Gasteiger partial charge in [-0.05, 0) is 70.6 Å². The van der Waals surface area contributed by atoms with Gasteiger partial charge in [0, 0.05) is 21.1 Å². The van der Waals surface area contributed by atoms with E-state index in [1.54, 1.807) is 0 Å². The fourth-order valence-electron chi connectivity index (χ4n) is 2.10. The summed E-state index contributed by atoms with van der Waals surface area (Å²) in [6, 6.07) is 13.3. The second-order valence-corrected chi connectivity index (χ2v) is 5.50. The smallest absolute Gasteiger partial charge is 0.193 e. The van der Waals surface area contributed by atoms with Gasteiger partial charge in [0.2, 0.25) is 0 Å². The lowest BCUT2D eigenvalue weighted by Crippen LogP contribution is -2.01. The Bertz CT molecular complexity index is 602. The van der Waals surface area contributed by atoms with Crippen LogP contribution in [0.25, 0.3) is 0 Å². The second-order valence-electron chi connectivity index (χ2n) is 4.26. The van der Waals surface area contributed by atoms with Crippen LogP contribution in [0.3, 0.4) is 0 Å². The molecule has 0 amide bonds. The molecule has 1 aliphatic heterocycles. The van der Waals surface area contributed by atoms with E-state index in [2.05, 4.69) is 22.6 Å². The Morgan fingerprint density at radius 3 is 2.56 bits per heavy atom. The number of fused-ring (bicyclic) bond motifs is 1. The van der Waals surface area contributed by atoms with Crippen molar-refractivity contribution in [2.24, 2.45) is 0 Å². The Morgan fingerprint density at radius 1 is 1.06 bits per heavy atom. The number of halogens is 1. The number of ketones is 1. The summed E-state index contributed by atoms with van der Waals surface area (Å²) in [6.45, 7) is 0.719. The van der Waals surface area contributed by atoms with Gasteiger partial charge in [-0.15, -0.1) is 0 Å². The van der Waals surface area contributed by atoms with Crippen LogP contribution in [-0.2, 0) is 6.42 Å². The van der Waals surface area contributed by atoms with Gasteiger partial charge in [0.1, 0.15) is 5.75 Å². The lowest BCUT2D eigenvalue weighted by molar-refractivity contribution is 0.103. The molecule has 0 aliphatic carbocycles. The minimum Gasteiger partial charge on any atom is -0.493 e. The van der Waals surface area contributed by atoms with Crippen LogP contribution in [0.1, 0.15) is 21.5 Å². The molecule has 2 nitrogen and oxygen atoms in total. The molecule has 2 aromatic carbocycles. The van der Waals surface area contributed by atoms with Gasteiger partial charge in [0.05, 0.1) is 6.61 Å². The SMILES string of the molecule is O=C(c1ccc(I)cc1)c1ccc2c(c1)CCO2. The van der Waals surface area contributed by atoms with Crippen LogP contribution in [0.15, 0.2) is 42.5 Å². The van der Waals surface area contributed by atoms with E-state index in [0.717, 1.165) is 39.0 Å². The molecule has 1 aliphatic rings. The van der Waals surface area contributed by atoms with Gasteiger partial charge >= 0.3 is 0 Å². The van der Waals surface area contributed by atoms with Crippen molar-refractivity contribution in [3.8, 4) is 5.75 Å². The molecular formula is C15H11IO2. The van der Waals surface area contributed by atoms with E-state index in [0.29, 0.717) is 0 Å². The Kier molecular flexibility index (Phi) is 3.07. The molecule has 1 heterocycles. The normalized spacial score (nSPS) is 12.9. The van der Waals surface area contributed by atoms with Gasteiger partial charge in [-0.3, -0.25) is 4.79 Å². The number of carbonyl (C=O) groups excluding carboxylic acids is 1. The van der Waals surface area contributed by atoms with Crippen molar-refractivity contribution >= 4 is 28.4 Å². The Morgan fingerprint density at radius 2 is 1.78 bits per heavy atom. The average molecular weight is 350 g/mol. The summed E-state index contributed by atoms with van der Waals surface area (Å²) in [7, 11) is 0. The van der Waals surface area contributed by atoms with Crippen LogP contribution < -0.4 is 4.74 Å². The van der Waals surface area contributed by atoms with Crippen LogP contribution in [0.4, 0.5) is 0 Å². The maximum atomic E-state index is 12.3. The van der Waals surface area contributed by atoms with Crippen molar-refractivity contribution in [2.75, 3.05) is 6.61 Å². The fraction of sp³-hybridized carbons (Fsp3) is 0.133.